The molecule has 1 aromatic carbocycles. The minimum Gasteiger partial charge on any atom is -0.361 e. The second-order valence-corrected chi connectivity index (χ2v) is 11.2. The molecule has 3 aliphatic rings. The Morgan fingerprint density at radius 3 is 2.72 bits per heavy atom. The summed E-state index contributed by atoms with van der Waals surface area (Å²) in [4.78, 5) is 10.5. The number of aromatic nitrogens is 6. The molecule has 186 valence electrons. The van der Waals surface area contributed by atoms with Crippen molar-refractivity contribution in [2.75, 3.05) is 6.54 Å². The first-order chi connectivity index (χ1) is 17.4. The van der Waals surface area contributed by atoms with Crippen LogP contribution in [0.25, 0.3) is 22.4 Å². The summed E-state index contributed by atoms with van der Waals surface area (Å²) in [6, 6.07) is 8.56. The lowest BCUT2D eigenvalue weighted by atomic mass is 9.59. The van der Waals surface area contributed by atoms with Gasteiger partial charge in [0.15, 0.2) is 5.82 Å². The van der Waals surface area contributed by atoms with Crippen LogP contribution in [0, 0.1) is 12.3 Å². The molecule has 0 radical (unpaired) electrons. The molecule has 4 aromatic rings. The van der Waals surface area contributed by atoms with Gasteiger partial charge in [-0.3, -0.25) is 9.88 Å². The largest absolute Gasteiger partial charge is 0.361 e. The monoisotopic (exact) mass is 489 g/mol. The number of fused-ring (bicyclic) bond motifs is 1. The molecule has 0 unspecified atom stereocenters. The van der Waals surface area contributed by atoms with Gasteiger partial charge in [0, 0.05) is 48.7 Å². The van der Waals surface area contributed by atoms with Gasteiger partial charge in [-0.2, -0.15) is 0 Å². The maximum absolute atomic E-state index is 14.0. The number of piperidine rings is 1. The lowest BCUT2D eigenvalue weighted by Crippen LogP contribution is -2.53. The van der Waals surface area contributed by atoms with Crippen LogP contribution in [0.5, 0.6) is 0 Å². The Morgan fingerprint density at radius 1 is 1.17 bits per heavy atom. The topological polar surface area (TPSA) is 86.4 Å². The van der Waals surface area contributed by atoms with Crippen LogP contribution in [0.3, 0.4) is 0 Å². The average molecular weight is 490 g/mol. The number of aromatic amines is 2. The number of benzene rings is 1. The fraction of sp³-hybridized carbons (Fsp3) is 0.481. The van der Waals surface area contributed by atoms with Gasteiger partial charge in [-0.25, -0.2) is 13.9 Å². The van der Waals surface area contributed by atoms with E-state index in [0.717, 1.165) is 31.5 Å². The predicted octanol–water partition coefficient (Wildman–Crippen LogP) is 5.68. The van der Waals surface area contributed by atoms with Crippen molar-refractivity contribution in [1.29, 1.82) is 0 Å². The summed E-state index contributed by atoms with van der Waals surface area (Å²) in [5.74, 6) is -1.38. The summed E-state index contributed by atoms with van der Waals surface area (Å²) in [6.07, 6.45) is 7.92. The number of hydrogen-bond acceptors (Lipinski definition) is 5. The van der Waals surface area contributed by atoms with Crippen LogP contribution in [-0.4, -0.2) is 48.0 Å². The molecule has 4 heterocycles. The van der Waals surface area contributed by atoms with E-state index in [9.17, 15) is 8.78 Å². The number of H-pyrrole nitrogens is 2. The van der Waals surface area contributed by atoms with Crippen LogP contribution in [0.4, 0.5) is 8.78 Å². The first kappa shape index (κ1) is 22.0. The zero-order valence-electron chi connectivity index (χ0n) is 20.3. The molecule has 7 nitrogen and oxygen atoms in total. The summed E-state index contributed by atoms with van der Waals surface area (Å²) >= 11 is 0. The fourth-order valence-corrected chi connectivity index (χ4v) is 6.71. The third-order valence-corrected chi connectivity index (χ3v) is 8.59. The fourth-order valence-electron chi connectivity index (χ4n) is 6.71. The standard InChI is InChI=1S/C27H29F2N7/c1-16-10-20(17-2-3-17)21(19-6-8-30-24(16)19)13-36-9-7-26(14-27(28,29)15-26)11-23(36)18-4-5-22(31-12-18)25-32-34-35-33-25/h4-6,8,10,12,17,23,30H,2-3,7,9,11,13-15H2,1H3,(H,32,33,34,35)/t23-/m1/s1. The van der Waals surface area contributed by atoms with Gasteiger partial charge in [0.1, 0.15) is 5.69 Å². The number of rotatable bonds is 5. The molecule has 7 rings (SSSR count). The van der Waals surface area contributed by atoms with Gasteiger partial charge in [-0.1, -0.05) is 12.1 Å². The smallest absolute Gasteiger partial charge is 0.249 e. The van der Waals surface area contributed by atoms with Gasteiger partial charge in [0.2, 0.25) is 5.92 Å². The van der Waals surface area contributed by atoms with E-state index in [-0.39, 0.29) is 24.3 Å². The van der Waals surface area contributed by atoms with Gasteiger partial charge in [0.25, 0.3) is 0 Å². The van der Waals surface area contributed by atoms with E-state index >= 15 is 0 Å². The van der Waals surface area contributed by atoms with Gasteiger partial charge in [-0.15, -0.1) is 5.10 Å². The highest BCUT2D eigenvalue weighted by atomic mass is 19.3. The third kappa shape index (κ3) is 3.72. The van der Waals surface area contributed by atoms with Crippen LogP contribution in [0.2, 0.25) is 0 Å². The number of halogens is 2. The van der Waals surface area contributed by atoms with E-state index in [4.69, 9.17) is 0 Å². The molecule has 9 heteroatoms. The van der Waals surface area contributed by atoms with E-state index in [1.807, 2.05) is 18.5 Å². The Kier molecular flexibility index (Phi) is 4.83. The summed E-state index contributed by atoms with van der Waals surface area (Å²) in [6.45, 7) is 3.79. The Bertz CT molecular complexity index is 1400. The van der Waals surface area contributed by atoms with Crippen molar-refractivity contribution >= 4 is 10.9 Å². The normalized spacial score (nSPS) is 23.2. The Hall–Kier alpha value is -3.20. The maximum atomic E-state index is 14.0. The van der Waals surface area contributed by atoms with Crippen molar-refractivity contribution in [3.05, 3.63) is 58.9 Å². The van der Waals surface area contributed by atoms with Crippen LogP contribution in [0.1, 0.15) is 72.7 Å². The van der Waals surface area contributed by atoms with E-state index in [0.29, 0.717) is 17.4 Å². The van der Waals surface area contributed by atoms with E-state index in [1.165, 1.54) is 40.4 Å². The van der Waals surface area contributed by atoms with Gasteiger partial charge >= 0.3 is 0 Å². The minimum absolute atomic E-state index is 0.000498. The molecule has 0 amide bonds. The third-order valence-electron chi connectivity index (χ3n) is 8.59. The van der Waals surface area contributed by atoms with Crippen LogP contribution in [-0.2, 0) is 6.54 Å². The number of tetrazole rings is 1. The van der Waals surface area contributed by atoms with E-state index in [1.54, 1.807) is 0 Å². The molecule has 2 N–H and O–H groups in total. The molecule has 0 bridgehead atoms. The van der Waals surface area contributed by atoms with Crippen molar-refractivity contribution in [2.24, 2.45) is 5.41 Å². The molecule has 2 aliphatic carbocycles. The van der Waals surface area contributed by atoms with E-state index < -0.39 is 5.92 Å². The van der Waals surface area contributed by atoms with Crippen molar-refractivity contribution < 1.29 is 8.78 Å². The second kappa shape index (κ2) is 7.90. The predicted molar refractivity (Wildman–Crippen MR) is 131 cm³/mol. The number of likely N-dealkylation sites (tertiary alicyclic amines) is 1. The van der Waals surface area contributed by atoms with Crippen molar-refractivity contribution in [1.82, 2.24) is 35.5 Å². The average Bonchev–Trinajstić information content (AvgIpc) is 3.31. The number of nitrogens with zero attached hydrogens (tertiary/aromatic N) is 5. The Labute approximate surface area is 207 Å². The van der Waals surface area contributed by atoms with Crippen LogP contribution >= 0.6 is 0 Å². The number of pyridine rings is 1. The first-order valence-electron chi connectivity index (χ1n) is 12.8. The van der Waals surface area contributed by atoms with Gasteiger partial charge in [-0.05, 0) is 95.3 Å². The molecular formula is C27H29F2N7. The maximum Gasteiger partial charge on any atom is 0.249 e. The summed E-state index contributed by atoms with van der Waals surface area (Å²) < 4.78 is 28.0. The summed E-state index contributed by atoms with van der Waals surface area (Å²) in [7, 11) is 0. The van der Waals surface area contributed by atoms with E-state index in [2.05, 4.69) is 60.6 Å². The number of hydrogen-bond donors (Lipinski definition) is 2. The zero-order valence-corrected chi connectivity index (χ0v) is 20.3. The first-order valence-corrected chi connectivity index (χ1v) is 12.8. The van der Waals surface area contributed by atoms with Crippen molar-refractivity contribution in [3.63, 3.8) is 0 Å². The molecule has 1 aliphatic heterocycles. The number of alkyl halides is 2. The van der Waals surface area contributed by atoms with Crippen LogP contribution in [0.15, 0.2) is 36.7 Å². The SMILES string of the molecule is Cc1cc(C2CC2)c(CN2CCC3(C[C@@H]2c2ccc(-c4nnn[nH]4)nc2)CC(F)(F)C3)c2cc[nH]c12. The second-order valence-electron chi connectivity index (χ2n) is 11.2. The molecule has 1 saturated heterocycles. The lowest BCUT2D eigenvalue weighted by Gasteiger charge is -2.54. The summed E-state index contributed by atoms with van der Waals surface area (Å²) in [5.41, 5.74) is 6.77. The molecular weight excluding hydrogens is 460 g/mol. The Balaban J connectivity index is 1.25. The van der Waals surface area contributed by atoms with Crippen molar-refractivity contribution in [3.8, 4) is 11.5 Å². The quantitative estimate of drug-likeness (QED) is 0.377. The number of nitrogens with one attached hydrogen (secondary N) is 2. The summed E-state index contributed by atoms with van der Waals surface area (Å²) in [5, 5.41) is 15.2. The lowest BCUT2D eigenvalue weighted by molar-refractivity contribution is -0.186. The molecule has 36 heavy (non-hydrogen) atoms. The molecule has 1 atom stereocenters. The number of aryl methyl sites for hydroxylation is 1. The Morgan fingerprint density at radius 2 is 2.03 bits per heavy atom. The van der Waals surface area contributed by atoms with Crippen molar-refractivity contribution in [2.45, 2.75) is 69.9 Å². The van der Waals surface area contributed by atoms with Gasteiger partial charge in [0.05, 0.1) is 0 Å². The molecule has 1 spiro atoms. The molecule has 2 saturated carbocycles. The zero-order chi connectivity index (χ0) is 24.5. The highest BCUT2D eigenvalue weighted by molar-refractivity contribution is 5.87. The minimum atomic E-state index is -2.53. The van der Waals surface area contributed by atoms with Crippen LogP contribution < -0.4 is 0 Å². The molecule has 3 fully saturated rings. The highest BCUT2D eigenvalue weighted by Gasteiger charge is 2.58. The molecule has 3 aromatic heterocycles. The van der Waals surface area contributed by atoms with Gasteiger partial charge < -0.3 is 4.98 Å². The highest BCUT2D eigenvalue weighted by Crippen LogP contribution is 2.60.